The first-order chi connectivity index (χ1) is 9.56. The van der Waals surface area contributed by atoms with Crippen LogP contribution in [0.25, 0.3) is 10.6 Å². The van der Waals surface area contributed by atoms with Gasteiger partial charge in [-0.05, 0) is 11.4 Å². The molecule has 0 aliphatic carbocycles. The third-order valence-electron chi connectivity index (χ3n) is 2.74. The van der Waals surface area contributed by atoms with E-state index in [1.54, 1.807) is 18.4 Å². The summed E-state index contributed by atoms with van der Waals surface area (Å²) in [4.78, 5) is 28.3. The SMILES string of the molecule is CN(CCC(=O)O)C(=O)Cc1csc(-c2ccsc2)n1. The Kier molecular flexibility index (Phi) is 4.86. The monoisotopic (exact) mass is 310 g/mol. The van der Waals surface area contributed by atoms with Crippen LogP contribution >= 0.6 is 22.7 Å². The van der Waals surface area contributed by atoms with E-state index in [-0.39, 0.29) is 25.3 Å². The number of carbonyl (C=O) groups is 2. The van der Waals surface area contributed by atoms with E-state index in [0.29, 0.717) is 0 Å². The van der Waals surface area contributed by atoms with E-state index in [0.717, 1.165) is 16.3 Å². The molecule has 0 fully saturated rings. The lowest BCUT2D eigenvalue weighted by Gasteiger charge is -2.14. The zero-order chi connectivity index (χ0) is 14.5. The third-order valence-corrected chi connectivity index (χ3v) is 4.36. The molecule has 1 N–H and O–H groups in total. The number of aliphatic carboxylic acids is 1. The predicted molar refractivity (Wildman–Crippen MR) is 79.0 cm³/mol. The molecular formula is C13H14N2O3S2. The Morgan fingerprint density at radius 1 is 1.40 bits per heavy atom. The molecule has 0 saturated carbocycles. The number of aromatic nitrogens is 1. The smallest absolute Gasteiger partial charge is 0.305 e. The van der Waals surface area contributed by atoms with Crippen molar-refractivity contribution >= 4 is 34.6 Å². The number of amides is 1. The lowest BCUT2D eigenvalue weighted by molar-refractivity contribution is -0.138. The minimum absolute atomic E-state index is 0.0422. The molecule has 7 heteroatoms. The van der Waals surface area contributed by atoms with Crippen LogP contribution in [-0.2, 0) is 16.0 Å². The summed E-state index contributed by atoms with van der Waals surface area (Å²) in [6, 6.07) is 1.99. The van der Waals surface area contributed by atoms with Crippen LogP contribution in [0.2, 0.25) is 0 Å². The molecule has 1 amide bonds. The van der Waals surface area contributed by atoms with Crippen molar-refractivity contribution in [2.75, 3.05) is 13.6 Å². The average Bonchev–Trinajstić information content (AvgIpc) is 3.05. The van der Waals surface area contributed by atoms with E-state index >= 15 is 0 Å². The van der Waals surface area contributed by atoms with Crippen LogP contribution in [0.5, 0.6) is 0 Å². The van der Waals surface area contributed by atoms with Crippen molar-refractivity contribution in [3.63, 3.8) is 0 Å². The Bertz CT molecular complexity index is 593. The fraction of sp³-hybridized carbons (Fsp3) is 0.308. The second kappa shape index (κ2) is 6.62. The highest BCUT2D eigenvalue weighted by atomic mass is 32.1. The van der Waals surface area contributed by atoms with Crippen molar-refractivity contribution in [1.82, 2.24) is 9.88 Å². The van der Waals surface area contributed by atoms with Gasteiger partial charge in [0.2, 0.25) is 5.91 Å². The number of hydrogen-bond acceptors (Lipinski definition) is 5. The molecule has 0 unspecified atom stereocenters. The Labute approximate surface area is 124 Å². The number of rotatable bonds is 6. The average molecular weight is 310 g/mol. The summed E-state index contributed by atoms with van der Waals surface area (Å²) in [5.74, 6) is -1.02. The molecule has 2 rings (SSSR count). The third kappa shape index (κ3) is 3.88. The van der Waals surface area contributed by atoms with Gasteiger partial charge in [-0.15, -0.1) is 11.3 Å². The maximum atomic E-state index is 11.9. The molecule has 2 aromatic rings. The van der Waals surface area contributed by atoms with Gasteiger partial charge in [0.25, 0.3) is 0 Å². The summed E-state index contributed by atoms with van der Waals surface area (Å²) in [5, 5.41) is 15.4. The van der Waals surface area contributed by atoms with Gasteiger partial charge in [0, 0.05) is 29.9 Å². The zero-order valence-electron chi connectivity index (χ0n) is 10.9. The van der Waals surface area contributed by atoms with E-state index in [1.165, 1.54) is 16.2 Å². The number of hydrogen-bond donors (Lipinski definition) is 1. The molecule has 2 aromatic heterocycles. The van der Waals surface area contributed by atoms with E-state index in [1.807, 2.05) is 22.2 Å². The Hall–Kier alpha value is -1.73. The summed E-state index contributed by atoms with van der Waals surface area (Å²) < 4.78 is 0. The minimum atomic E-state index is -0.905. The molecule has 0 aromatic carbocycles. The normalized spacial score (nSPS) is 10.4. The molecule has 106 valence electrons. The molecule has 5 nitrogen and oxygen atoms in total. The number of carboxylic acid groups (broad SMARTS) is 1. The van der Waals surface area contributed by atoms with Gasteiger partial charge in [0.05, 0.1) is 18.5 Å². The summed E-state index contributed by atoms with van der Waals surface area (Å²) in [5.41, 5.74) is 1.79. The van der Waals surface area contributed by atoms with Crippen LogP contribution in [0.15, 0.2) is 22.2 Å². The highest BCUT2D eigenvalue weighted by Crippen LogP contribution is 2.25. The highest BCUT2D eigenvalue weighted by Gasteiger charge is 2.13. The van der Waals surface area contributed by atoms with E-state index < -0.39 is 5.97 Å². The number of carboxylic acids is 1. The fourth-order valence-corrected chi connectivity index (χ4v) is 3.12. The van der Waals surface area contributed by atoms with Gasteiger partial charge < -0.3 is 10.0 Å². The molecule has 2 heterocycles. The van der Waals surface area contributed by atoms with E-state index in [2.05, 4.69) is 4.98 Å². The second-order valence-electron chi connectivity index (χ2n) is 4.29. The largest absolute Gasteiger partial charge is 0.481 e. The number of thiophene rings is 1. The molecule has 0 spiro atoms. The first-order valence-electron chi connectivity index (χ1n) is 5.99. The lowest BCUT2D eigenvalue weighted by atomic mass is 10.3. The zero-order valence-corrected chi connectivity index (χ0v) is 12.5. The molecule has 0 bridgehead atoms. The van der Waals surface area contributed by atoms with E-state index in [4.69, 9.17) is 5.11 Å². The molecule has 0 saturated heterocycles. The Morgan fingerprint density at radius 2 is 2.20 bits per heavy atom. The molecule has 0 aliphatic rings. The number of nitrogens with zero attached hydrogens (tertiary/aromatic N) is 2. The van der Waals surface area contributed by atoms with Gasteiger partial charge in [-0.2, -0.15) is 11.3 Å². The molecule has 0 atom stereocenters. The van der Waals surface area contributed by atoms with Crippen molar-refractivity contribution in [2.45, 2.75) is 12.8 Å². The summed E-state index contributed by atoms with van der Waals surface area (Å²) in [6.45, 7) is 0.218. The van der Waals surface area contributed by atoms with Gasteiger partial charge in [-0.3, -0.25) is 9.59 Å². The van der Waals surface area contributed by atoms with Crippen LogP contribution in [0.3, 0.4) is 0 Å². The highest BCUT2D eigenvalue weighted by molar-refractivity contribution is 7.14. The maximum Gasteiger partial charge on any atom is 0.305 e. The quantitative estimate of drug-likeness (QED) is 0.889. The van der Waals surface area contributed by atoms with Crippen molar-refractivity contribution in [2.24, 2.45) is 0 Å². The van der Waals surface area contributed by atoms with Crippen LogP contribution in [0.4, 0.5) is 0 Å². The Balaban J connectivity index is 1.93. The van der Waals surface area contributed by atoms with Crippen molar-refractivity contribution in [3.05, 3.63) is 27.9 Å². The fourth-order valence-electron chi connectivity index (χ4n) is 1.58. The standard InChI is InChI=1S/C13H14N2O3S2/c1-15(4-2-12(17)18)11(16)6-10-8-20-13(14-10)9-3-5-19-7-9/h3,5,7-8H,2,4,6H2,1H3,(H,17,18). The van der Waals surface area contributed by atoms with Crippen molar-refractivity contribution in [1.29, 1.82) is 0 Å². The van der Waals surface area contributed by atoms with Crippen LogP contribution < -0.4 is 0 Å². The van der Waals surface area contributed by atoms with Gasteiger partial charge in [-0.25, -0.2) is 4.98 Å². The molecule has 0 radical (unpaired) electrons. The van der Waals surface area contributed by atoms with Gasteiger partial charge in [0.1, 0.15) is 5.01 Å². The number of thiazole rings is 1. The topological polar surface area (TPSA) is 70.5 Å². The first kappa shape index (κ1) is 14.7. The van der Waals surface area contributed by atoms with Crippen molar-refractivity contribution in [3.8, 4) is 10.6 Å². The lowest BCUT2D eigenvalue weighted by Crippen LogP contribution is -2.30. The van der Waals surface area contributed by atoms with Crippen LogP contribution in [0.1, 0.15) is 12.1 Å². The Morgan fingerprint density at radius 3 is 2.85 bits per heavy atom. The van der Waals surface area contributed by atoms with Gasteiger partial charge >= 0.3 is 5.97 Å². The maximum absolute atomic E-state index is 11.9. The summed E-state index contributed by atoms with van der Waals surface area (Å²) in [7, 11) is 1.61. The molecular weight excluding hydrogens is 296 g/mol. The second-order valence-corrected chi connectivity index (χ2v) is 5.93. The summed E-state index contributed by atoms with van der Waals surface area (Å²) >= 11 is 3.12. The minimum Gasteiger partial charge on any atom is -0.481 e. The van der Waals surface area contributed by atoms with Gasteiger partial charge in [0.15, 0.2) is 0 Å². The predicted octanol–water partition coefficient (Wildman–Crippen LogP) is 2.35. The molecule has 20 heavy (non-hydrogen) atoms. The first-order valence-corrected chi connectivity index (χ1v) is 7.81. The van der Waals surface area contributed by atoms with Crippen LogP contribution in [0, 0.1) is 0 Å². The van der Waals surface area contributed by atoms with Crippen molar-refractivity contribution < 1.29 is 14.7 Å². The molecule has 0 aliphatic heterocycles. The number of likely N-dealkylation sites (N-methyl/N-ethyl adjacent to an activating group) is 1. The summed E-state index contributed by atoms with van der Waals surface area (Å²) in [6.07, 6.45) is 0.163. The number of carbonyl (C=O) groups excluding carboxylic acids is 1. The van der Waals surface area contributed by atoms with Crippen LogP contribution in [-0.4, -0.2) is 40.5 Å². The van der Waals surface area contributed by atoms with Gasteiger partial charge in [-0.1, -0.05) is 0 Å². The van der Waals surface area contributed by atoms with E-state index in [9.17, 15) is 9.59 Å².